The van der Waals surface area contributed by atoms with Gasteiger partial charge in [0.05, 0.1) is 25.8 Å². The molecule has 0 radical (unpaired) electrons. The molecule has 1 amide bonds. The predicted octanol–water partition coefficient (Wildman–Crippen LogP) is 3.73. The second-order valence-electron chi connectivity index (χ2n) is 7.90. The Hall–Kier alpha value is -4.33. The molecule has 174 valence electrons. The molecule has 1 fully saturated rings. The number of hydrogen-bond acceptors (Lipinski definition) is 7. The van der Waals surface area contributed by atoms with E-state index in [0.29, 0.717) is 22.4 Å². The van der Waals surface area contributed by atoms with Crippen LogP contribution in [0.4, 0.5) is 0 Å². The van der Waals surface area contributed by atoms with Crippen molar-refractivity contribution in [2.45, 2.75) is 19.5 Å². The number of carbonyl (C=O) groups is 2. The highest BCUT2D eigenvalue weighted by Gasteiger charge is 2.46. The van der Waals surface area contributed by atoms with Crippen molar-refractivity contribution in [3.63, 3.8) is 0 Å². The zero-order valence-electron chi connectivity index (χ0n) is 19.0. The lowest BCUT2D eigenvalue weighted by molar-refractivity contribution is -0.140. The number of rotatable bonds is 6. The molecular formula is C26H24N2O6. The monoisotopic (exact) mass is 460 g/mol. The van der Waals surface area contributed by atoms with Gasteiger partial charge in [-0.1, -0.05) is 12.1 Å². The number of pyridine rings is 1. The average molecular weight is 460 g/mol. The molecule has 8 heteroatoms. The Balaban J connectivity index is 1.91. The maximum Gasteiger partial charge on any atom is 0.295 e. The molecule has 0 spiro atoms. The van der Waals surface area contributed by atoms with Crippen molar-refractivity contribution in [3.05, 3.63) is 88.8 Å². The van der Waals surface area contributed by atoms with E-state index in [1.165, 1.54) is 25.2 Å². The summed E-state index contributed by atoms with van der Waals surface area (Å²) in [6.07, 6.45) is 3.23. The number of aliphatic hydroxyl groups is 1. The number of aryl methyl sites for hydroxylation is 1. The van der Waals surface area contributed by atoms with Crippen molar-refractivity contribution in [3.8, 4) is 17.2 Å². The Morgan fingerprint density at radius 3 is 2.53 bits per heavy atom. The molecule has 0 bridgehead atoms. The predicted molar refractivity (Wildman–Crippen MR) is 124 cm³/mol. The molecule has 2 N–H and O–H groups in total. The fourth-order valence-electron chi connectivity index (χ4n) is 4.12. The number of Topliss-reactive ketones (excluding diaryl/α,β-unsaturated/α-hetero) is 1. The van der Waals surface area contributed by atoms with Gasteiger partial charge in [0.1, 0.15) is 11.5 Å². The van der Waals surface area contributed by atoms with Crippen LogP contribution in [-0.2, 0) is 16.1 Å². The summed E-state index contributed by atoms with van der Waals surface area (Å²) in [5.74, 6) is -1.12. The number of benzene rings is 2. The Morgan fingerprint density at radius 1 is 1.09 bits per heavy atom. The zero-order chi connectivity index (χ0) is 24.4. The number of aromatic hydroxyl groups is 1. The van der Waals surface area contributed by atoms with Crippen LogP contribution in [0.5, 0.6) is 17.2 Å². The summed E-state index contributed by atoms with van der Waals surface area (Å²) < 4.78 is 10.5. The first-order valence-electron chi connectivity index (χ1n) is 10.5. The first-order chi connectivity index (χ1) is 16.3. The van der Waals surface area contributed by atoms with Crippen LogP contribution in [0, 0.1) is 6.92 Å². The van der Waals surface area contributed by atoms with Crippen molar-refractivity contribution in [1.82, 2.24) is 9.88 Å². The number of hydrogen-bond donors (Lipinski definition) is 2. The van der Waals surface area contributed by atoms with Crippen LogP contribution >= 0.6 is 0 Å². The summed E-state index contributed by atoms with van der Waals surface area (Å²) in [6, 6.07) is 12.3. The number of likely N-dealkylation sites (tertiary alicyclic amines) is 1. The standard InChI is InChI=1S/C26H24N2O6/c1-15-11-18(33-2)7-8-19(15)24(30)22-23(17-6-9-20(29)21(12-17)34-3)28(26(32)25(22)31)14-16-5-4-10-27-13-16/h4-13,23,29-30H,14H2,1-3H3/t23-/m0/s1. The second-order valence-corrected chi connectivity index (χ2v) is 7.90. The highest BCUT2D eigenvalue weighted by atomic mass is 16.5. The van der Waals surface area contributed by atoms with Gasteiger partial charge in [-0.2, -0.15) is 0 Å². The van der Waals surface area contributed by atoms with Crippen LogP contribution in [0.3, 0.4) is 0 Å². The zero-order valence-corrected chi connectivity index (χ0v) is 19.0. The first kappa shape index (κ1) is 22.8. The molecule has 0 aliphatic carbocycles. The fourth-order valence-corrected chi connectivity index (χ4v) is 4.12. The van der Waals surface area contributed by atoms with Crippen molar-refractivity contribution in [1.29, 1.82) is 0 Å². The fraction of sp³-hybridized carbons (Fsp3) is 0.192. The smallest absolute Gasteiger partial charge is 0.295 e. The molecule has 1 saturated heterocycles. The third-order valence-electron chi connectivity index (χ3n) is 5.82. The molecule has 34 heavy (non-hydrogen) atoms. The summed E-state index contributed by atoms with van der Waals surface area (Å²) in [5.41, 5.74) is 2.27. The van der Waals surface area contributed by atoms with E-state index in [1.54, 1.807) is 61.8 Å². The topological polar surface area (TPSA) is 109 Å². The normalized spacial score (nSPS) is 17.1. The van der Waals surface area contributed by atoms with E-state index in [2.05, 4.69) is 4.98 Å². The highest BCUT2D eigenvalue weighted by molar-refractivity contribution is 6.46. The first-order valence-corrected chi connectivity index (χ1v) is 10.5. The van der Waals surface area contributed by atoms with Gasteiger partial charge in [-0.3, -0.25) is 14.6 Å². The summed E-state index contributed by atoms with van der Waals surface area (Å²) in [7, 11) is 2.95. The van der Waals surface area contributed by atoms with Crippen LogP contribution in [0.15, 0.2) is 66.5 Å². The molecule has 1 atom stereocenters. The third kappa shape index (κ3) is 4.05. The van der Waals surface area contributed by atoms with Crippen molar-refractivity contribution < 1.29 is 29.3 Å². The highest BCUT2D eigenvalue weighted by Crippen LogP contribution is 2.43. The van der Waals surface area contributed by atoms with Crippen molar-refractivity contribution in [2.75, 3.05) is 14.2 Å². The van der Waals surface area contributed by atoms with E-state index >= 15 is 0 Å². The lowest BCUT2D eigenvalue weighted by Crippen LogP contribution is -2.29. The van der Waals surface area contributed by atoms with Gasteiger partial charge in [0.15, 0.2) is 11.5 Å². The van der Waals surface area contributed by atoms with E-state index in [1.807, 2.05) is 0 Å². The maximum atomic E-state index is 13.2. The van der Waals surface area contributed by atoms with Gasteiger partial charge in [-0.25, -0.2) is 0 Å². The van der Waals surface area contributed by atoms with E-state index in [9.17, 15) is 19.8 Å². The summed E-state index contributed by atoms with van der Waals surface area (Å²) in [5, 5.41) is 21.4. The summed E-state index contributed by atoms with van der Waals surface area (Å²) in [4.78, 5) is 31.9. The molecule has 8 nitrogen and oxygen atoms in total. The maximum absolute atomic E-state index is 13.2. The van der Waals surface area contributed by atoms with Gasteiger partial charge in [-0.15, -0.1) is 0 Å². The number of phenols is 1. The molecule has 3 aromatic rings. The van der Waals surface area contributed by atoms with Crippen molar-refractivity contribution >= 4 is 17.4 Å². The van der Waals surface area contributed by atoms with Gasteiger partial charge in [0, 0.05) is 24.5 Å². The number of nitrogens with zero attached hydrogens (tertiary/aromatic N) is 2. The minimum absolute atomic E-state index is 0.0464. The Bertz CT molecular complexity index is 1290. The molecule has 1 aliphatic rings. The largest absolute Gasteiger partial charge is 0.507 e. The van der Waals surface area contributed by atoms with Gasteiger partial charge >= 0.3 is 0 Å². The molecule has 2 aromatic carbocycles. The van der Waals surface area contributed by atoms with Crippen LogP contribution in [-0.4, -0.2) is 46.0 Å². The molecule has 2 heterocycles. The molecule has 0 saturated carbocycles. The summed E-state index contributed by atoms with van der Waals surface area (Å²) >= 11 is 0. The van der Waals surface area contributed by atoms with Gasteiger partial charge in [0.2, 0.25) is 0 Å². The van der Waals surface area contributed by atoms with Gasteiger partial charge in [0.25, 0.3) is 11.7 Å². The van der Waals surface area contributed by atoms with Crippen LogP contribution in [0.25, 0.3) is 5.76 Å². The van der Waals surface area contributed by atoms with Crippen LogP contribution in [0.1, 0.15) is 28.3 Å². The van der Waals surface area contributed by atoms with Gasteiger partial charge < -0.3 is 24.6 Å². The number of ketones is 1. The molecular weight excluding hydrogens is 436 g/mol. The van der Waals surface area contributed by atoms with E-state index in [4.69, 9.17) is 9.47 Å². The quantitative estimate of drug-likeness (QED) is 0.328. The third-order valence-corrected chi connectivity index (χ3v) is 5.82. The van der Waals surface area contributed by atoms with Crippen LogP contribution < -0.4 is 9.47 Å². The molecule has 1 aromatic heterocycles. The van der Waals surface area contributed by atoms with Crippen LogP contribution in [0.2, 0.25) is 0 Å². The lowest BCUT2D eigenvalue weighted by Gasteiger charge is -2.26. The number of ether oxygens (including phenoxy) is 2. The lowest BCUT2D eigenvalue weighted by atomic mass is 9.93. The van der Waals surface area contributed by atoms with E-state index < -0.39 is 17.7 Å². The number of aliphatic hydroxyl groups excluding tert-OH is 1. The summed E-state index contributed by atoms with van der Waals surface area (Å²) in [6.45, 7) is 1.88. The Kier molecular flexibility index (Phi) is 6.23. The number of aromatic nitrogens is 1. The number of phenolic OH excluding ortho intramolecular Hbond substituents is 1. The minimum atomic E-state index is -0.906. The molecule has 0 unspecified atom stereocenters. The van der Waals surface area contributed by atoms with E-state index in [0.717, 1.165) is 5.56 Å². The SMILES string of the molecule is COc1ccc(C(O)=C2C(=O)C(=O)N(Cc3cccnc3)[C@H]2c2ccc(O)c(OC)c2)c(C)c1. The minimum Gasteiger partial charge on any atom is -0.507 e. The average Bonchev–Trinajstić information content (AvgIpc) is 3.09. The molecule has 1 aliphatic heterocycles. The number of amides is 1. The Labute approximate surface area is 196 Å². The van der Waals surface area contributed by atoms with Gasteiger partial charge in [-0.05, 0) is 60.0 Å². The number of methoxy groups -OCH3 is 2. The number of carbonyl (C=O) groups excluding carboxylic acids is 2. The van der Waals surface area contributed by atoms with E-state index in [-0.39, 0.29) is 29.4 Å². The molecule has 4 rings (SSSR count). The Morgan fingerprint density at radius 2 is 1.88 bits per heavy atom. The van der Waals surface area contributed by atoms with Crippen molar-refractivity contribution in [2.24, 2.45) is 0 Å². The second kappa shape index (κ2) is 9.27.